The number of halogens is 2. The van der Waals surface area contributed by atoms with E-state index < -0.39 is 0 Å². The zero-order valence-corrected chi connectivity index (χ0v) is 21.0. The fraction of sp³-hybridized carbons (Fsp3) is 0.240. The molecule has 143 valence electrons. The molecular formula is C25H25Cl2Zr. The van der Waals surface area contributed by atoms with E-state index in [2.05, 4.69) is 89.2 Å². The SMILES string of the molecule is CC1=C(C)C(C)C(c2c(C)[cH-]c3cccc(-c4ccccc4)c23)=C1C.[Cl-].[Cl-].[Zr+3]. The van der Waals surface area contributed by atoms with E-state index in [1.807, 2.05) is 0 Å². The second kappa shape index (κ2) is 9.66. The van der Waals surface area contributed by atoms with Gasteiger partial charge in [0, 0.05) is 0 Å². The van der Waals surface area contributed by atoms with Crippen molar-refractivity contribution in [3.05, 3.63) is 82.4 Å². The van der Waals surface area contributed by atoms with Crippen molar-refractivity contribution < 1.29 is 51.0 Å². The molecule has 0 bridgehead atoms. The maximum Gasteiger partial charge on any atom is 3.00 e. The summed E-state index contributed by atoms with van der Waals surface area (Å²) in [6, 6.07) is 19.8. The van der Waals surface area contributed by atoms with Crippen molar-refractivity contribution in [2.75, 3.05) is 0 Å². The van der Waals surface area contributed by atoms with Crippen LogP contribution < -0.4 is 24.8 Å². The number of hydrogen-bond acceptors (Lipinski definition) is 0. The smallest absolute Gasteiger partial charge is 1.00 e. The van der Waals surface area contributed by atoms with Gasteiger partial charge in [-0.05, 0) is 37.8 Å². The van der Waals surface area contributed by atoms with Gasteiger partial charge in [0.25, 0.3) is 0 Å². The summed E-state index contributed by atoms with van der Waals surface area (Å²) in [6.45, 7) is 11.5. The summed E-state index contributed by atoms with van der Waals surface area (Å²) in [6.07, 6.45) is 0. The third-order valence-electron chi connectivity index (χ3n) is 6.11. The Morgan fingerprint density at radius 2 is 1.43 bits per heavy atom. The summed E-state index contributed by atoms with van der Waals surface area (Å²) < 4.78 is 0. The van der Waals surface area contributed by atoms with E-state index in [1.165, 1.54) is 55.3 Å². The molecule has 3 aromatic carbocycles. The Bertz CT molecular complexity index is 1040. The Kier molecular flexibility index (Phi) is 8.64. The normalized spacial score (nSPS) is 16.0. The Hall–Kier alpha value is -1.01. The van der Waals surface area contributed by atoms with Gasteiger partial charge in [-0.25, -0.2) is 0 Å². The molecule has 1 radical (unpaired) electrons. The van der Waals surface area contributed by atoms with E-state index in [1.54, 1.807) is 0 Å². The van der Waals surface area contributed by atoms with Gasteiger partial charge in [-0.15, -0.1) is 40.1 Å². The molecule has 4 rings (SSSR count). The second-order valence-electron chi connectivity index (χ2n) is 7.41. The number of hydrogen-bond donors (Lipinski definition) is 0. The summed E-state index contributed by atoms with van der Waals surface area (Å²) in [5.41, 5.74) is 11.4. The van der Waals surface area contributed by atoms with Crippen LogP contribution in [0.3, 0.4) is 0 Å². The van der Waals surface area contributed by atoms with E-state index in [0.29, 0.717) is 5.92 Å². The fourth-order valence-corrected chi connectivity index (χ4v) is 4.45. The largest absolute Gasteiger partial charge is 3.00 e. The van der Waals surface area contributed by atoms with Crippen molar-refractivity contribution in [2.24, 2.45) is 5.92 Å². The van der Waals surface area contributed by atoms with Gasteiger partial charge in [0.15, 0.2) is 0 Å². The zero-order chi connectivity index (χ0) is 17.7. The van der Waals surface area contributed by atoms with E-state index in [9.17, 15) is 0 Å². The molecule has 28 heavy (non-hydrogen) atoms. The third-order valence-corrected chi connectivity index (χ3v) is 6.11. The van der Waals surface area contributed by atoms with Crippen LogP contribution in [-0.2, 0) is 26.2 Å². The molecule has 3 aromatic rings. The molecule has 1 unspecified atom stereocenters. The van der Waals surface area contributed by atoms with Crippen LogP contribution in [0.4, 0.5) is 0 Å². The minimum absolute atomic E-state index is 0. The van der Waals surface area contributed by atoms with Crippen molar-refractivity contribution in [3.8, 4) is 11.1 Å². The Balaban J connectivity index is 0.00000131. The van der Waals surface area contributed by atoms with Crippen LogP contribution >= 0.6 is 0 Å². The molecule has 0 fully saturated rings. The Morgan fingerprint density at radius 3 is 2.00 bits per heavy atom. The maximum atomic E-state index is 2.36. The molecule has 0 N–H and O–H groups in total. The van der Waals surface area contributed by atoms with Crippen LogP contribution in [0.15, 0.2) is 71.3 Å². The molecule has 1 atom stereocenters. The second-order valence-corrected chi connectivity index (χ2v) is 7.41. The third kappa shape index (κ3) is 3.87. The Morgan fingerprint density at radius 1 is 0.786 bits per heavy atom. The monoisotopic (exact) mass is 485 g/mol. The number of benzene rings is 2. The molecule has 3 heteroatoms. The minimum atomic E-state index is 0. The molecule has 0 heterocycles. The summed E-state index contributed by atoms with van der Waals surface area (Å²) in [5.74, 6) is 0.494. The van der Waals surface area contributed by atoms with E-state index in [-0.39, 0.29) is 51.0 Å². The van der Waals surface area contributed by atoms with Gasteiger partial charge in [-0.2, -0.15) is 0 Å². The molecule has 1 aliphatic carbocycles. The summed E-state index contributed by atoms with van der Waals surface area (Å²) in [5, 5.41) is 2.76. The van der Waals surface area contributed by atoms with E-state index in [4.69, 9.17) is 0 Å². The number of aryl methyl sites for hydroxylation is 1. The van der Waals surface area contributed by atoms with Crippen molar-refractivity contribution in [2.45, 2.75) is 34.6 Å². The van der Waals surface area contributed by atoms with Gasteiger partial charge in [0.1, 0.15) is 0 Å². The molecular weight excluding hydrogens is 462 g/mol. The predicted molar refractivity (Wildman–Crippen MR) is 110 cm³/mol. The van der Waals surface area contributed by atoms with Crippen molar-refractivity contribution in [1.29, 1.82) is 0 Å². The number of rotatable bonds is 2. The molecule has 0 saturated carbocycles. The molecule has 0 aromatic heterocycles. The molecule has 0 amide bonds. The van der Waals surface area contributed by atoms with Crippen LogP contribution in [-0.4, -0.2) is 0 Å². The van der Waals surface area contributed by atoms with Crippen LogP contribution in [0.5, 0.6) is 0 Å². The van der Waals surface area contributed by atoms with Gasteiger partial charge in [-0.1, -0.05) is 72.5 Å². The van der Waals surface area contributed by atoms with Gasteiger partial charge in [0.2, 0.25) is 0 Å². The summed E-state index contributed by atoms with van der Waals surface area (Å²) in [4.78, 5) is 0. The quantitative estimate of drug-likeness (QED) is 0.478. The summed E-state index contributed by atoms with van der Waals surface area (Å²) in [7, 11) is 0. The van der Waals surface area contributed by atoms with Crippen LogP contribution in [0.2, 0.25) is 0 Å². The van der Waals surface area contributed by atoms with Crippen LogP contribution in [0, 0.1) is 12.8 Å². The predicted octanol–water partition coefficient (Wildman–Crippen LogP) is 1.30. The standard InChI is InChI=1S/C25H25.2ClH.Zr/c1-15-14-21-12-9-13-22(20-10-7-6-8-11-20)25(21)23(15)24-18(4)16(2)17(3)19(24)5;;;/h6-14,18H,1-5H3;2*1H;/q-1;;;+3/p-2. The molecule has 0 saturated heterocycles. The molecule has 0 nitrogen and oxygen atoms in total. The zero-order valence-electron chi connectivity index (χ0n) is 17.0. The maximum absolute atomic E-state index is 2.36. The fourth-order valence-electron chi connectivity index (χ4n) is 4.45. The first-order chi connectivity index (χ1) is 12.0. The van der Waals surface area contributed by atoms with Crippen LogP contribution in [0.1, 0.15) is 38.8 Å². The first-order valence-electron chi connectivity index (χ1n) is 9.14. The van der Waals surface area contributed by atoms with E-state index in [0.717, 1.165) is 0 Å². The van der Waals surface area contributed by atoms with Crippen molar-refractivity contribution in [3.63, 3.8) is 0 Å². The van der Waals surface area contributed by atoms with Crippen molar-refractivity contribution >= 4 is 16.3 Å². The first kappa shape index (κ1) is 25.0. The Labute approximate surface area is 200 Å². The first-order valence-corrected chi connectivity index (χ1v) is 9.14. The topological polar surface area (TPSA) is 0 Å². The van der Waals surface area contributed by atoms with Gasteiger partial charge >= 0.3 is 26.2 Å². The number of fused-ring (bicyclic) bond motifs is 1. The molecule has 1 aliphatic rings. The van der Waals surface area contributed by atoms with Gasteiger partial charge in [-0.3, -0.25) is 0 Å². The minimum Gasteiger partial charge on any atom is -1.00 e. The van der Waals surface area contributed by atoms with Crippen LogP contribution in [0.25, 0.3) is 27.5 Å². The molecule has 0 spiro atoms. The van der Waals surface area contributed by atoms with Crippen molar-refractivity contribution in [1.82, 2.24) is 0 Å². The average molecular weight is 488 g/mol. The average Bonchev–Trinajstić information content (AvgIpc) is 3.05. The van der Waals surface area contributed by atoms with E-state index >= 15 is 0 Å². The molecule has 0 aliphatic heterocycles. The number of allylic oxidation sites excluding steroid dienone is 4. The van der Waals surface area contributed by atoms with Gasteiger partial charge < -0.3 is 24.8 Å². The summed E-state index contributed by atoms with van der Waals surface area (Å²) >= 11 is 0. The van der Waals surface area contributed by atoms with Gasteiger partial charge in [0.05, 0.1) is 0 Å².